The number of hydrogen-bond acceptors (Lipinski definition) is 4. The number of amides is 1. The van der Waals surface area contributed by atoms with Gasteiger partial charge in [0.2, 0.25) is 0 Å². The van der Waals surface area contributed by atoms with Crippen LogP contribution in [0.4, 0.5) is 5.69 Å². The molecule has 6 nitrogen and oxygen atoms in total. The van der Waals surface area contributed by atoms with Crippen molar-refractivity contribution < 1.29 is 13.2 Å². The molecule has 0 aromatic heterocycles. The number of carbonyl (C=O) groups excluding carboxylic acids is 1. The minimum Gasteiger partial charge on any atom is -0.336 e. The summed E-state index contributed by atoms with van der Waals surface area (Å²) in [5.41, 5.74) is 1.84. The zero-order valence-corrected chi connectivity index (χ0v) is 15.7. The number of aryl methyl sites for hydroxylation is 1. The summed E-state index contributed by atoms with van der Waals surface area (Å²) < 4.78 is 27.9. The Balaban J connectivity index is 1.83. The van der Waals surface area contributed by atoms with Crippen LogP contribution in [-0.2, 0) is 10.0 Å². The number of nitrogens with one attached hydrogen (secondary N) is 2. The van der Waals surface area contributed by atoms with E-state index >= 15 is 0 Å². The first kappa shape index (κ1) is 18.4. The van der Waals surface area contributed by atoms with E-state index in [1.54, 1.807) is 35.2 Å². The van der Waals surface area contributed by atoms with Crippen LogP contribution in [0.1, 0.15) is 22.8 Å². The number of hydrogen-bond donors (Lipinski definition) is 2. The van der Waals surface area contributed by atoms with Crippen molar-refractivity contribution in [1.82, 2.24) is 10.2 Å². The van der Waals surface area contributed by atoms with Gasteiger partial charge in [0, 0.05) is 36.9 Å². The van der Waals surface area contributed by atoms with Crippen molar-refractivity contribution in [1.29, 1.82) is 0 Å². The molecule has 138 valence electrons. The second-order valence-electron chi connectivity index (χ2n) is 6.61. The predicted octanol–water partition coefficient (Wildman–Crippen LogP) is 2.23. The molecule has 2 aromatic rings. The standard InChI is InChI=1S/C19H23N3O3S/c1-14-5-3-7-17(11-14)21-26(24,25)18-8-4-6-16(12-18)19(23)22-10-9-20-15(2)13-22/h3-8,11-12,15,20-21H,9-10,13H2,1-2H3. The fraction of sp³-hybridized carbons (Fsp3) is 0.316. The zero-order valence-electron chi connectivity index (χ0n) is 14.9. The normalized spacial score (nSPS) is 17.8. The van der Waals surface area contributed by atoms with E-state index in [1.807, 2.05) is 19.9 Å². The maximum atomic E-state index is 12.7. The van der Waals surface area contributed by atoms with E-state index in [-0.39, 0.29) is 16.8 Å². The highest BCUT2D eigenvalue weighted by Gasteiger charge is 2.23. The van der Waals surface area contributed by atoms with Gasteiger partial charge in [0.1, 0.15) is 0 Å². The lowest BCUT2D eigenvalue weighted by Gasteiger charge is -2.32. The van der Waals surface area contributed by atoms with Crippen LogP contribution >= 0.6 is 0 Å². The molecule has 1 heterocycles. The van der Waals surface area contributed by atoms with Crippen molar-refractivity contribution in [2.45, 2.75) is 24.8 Å². The predicted molar refractivity (Wildman–Crippen MR) is 102 cm³/mol. The van der Waals surface area contributed by atoms with Crippen molar-refractivity contribution in [3.63, 3.8) is 0 Å². The van der Waals surface area contributed by atoms with Gasteiger partial charge in [0.15, 0.2) is 0 Å². The molecule has 2 N–H and O–H groups in total. The third-order valence-corrected chi connectivity index (χ3v) is 5.70. The molecule has 0 spiro atoms. The Bertz CT molecular complexity index is 912. The lowest BCUT2D eigenvalue weighted by molar-refractivity contribution is 0.0709. The van der Waals surface area contributed by atoms with Crippen LogP contribution in [0.5, 0.6) is 0 Å². The van der Waals surface area contributed by atoms with Crippen LogP contribution in [0.2, 0.25) is 0 Å². The molecule has 3 rings (SSSR count). The summed E-state index contributed by atoms with van der Waals surface area (Å²) >= 11 is 0. The lowest BCUT2D eigenvalue weighted by atomic mass is 10.1. The van der Waals surface area contributed by atoms with Crippen LogP contribution in [0.3, 0.4) is 0 Å². The van der Waals surface area contributed by atoms with E-state index in [9.17, 15) is 13.2 Å². The van der Waals surface area contributed by atoms with Crippen molar-refractivity contribution in [2.24, 2.45) is 0 Å². The molecule has 0 radical (unpaired) electrons. The first-order chi connectivity index (χ1) is 12.3. The van der Waals surface area contributed by atoms with Crippen molar-refractivity contribution in [3.05, 3.63) is 59.7 Å². The first-order valence-electron chi connectivity index (χ1n) is 8.57. The highest BCUT2D eigenvalue weighted by Crippen LogP contribution is 2.19. The van der Waals surface area contributed by atoms with Crippen molar-refractivity contribution >= 4 is 21.6 Å². The Morgan fingerprint density at radius 1 is 1.19 bits per heavy atom. The Morgan fingerprint density at radius 3 is 2.69 bits per heavy atom. The van der Waals surface area contributed by atoms with Gasteiger partial charge < -0.3 is 10.2 Å². The first-order valence-corrected chi connectivity index (χ1v) is 10.1. The van der Waals surface area contributed by atoms with Crippen LogP contribution in [-0.4, -0.2) is 44.9 Å². The van der Waals surface area contributed by atoms with E-state index in [1.165, 1.54) is 12.1 Å². The van der Waals surface area contributed by atoms with Crippen LogP contribution in [0.15, 0.2) is 53.4 Å². The smallest absolute Gasteiger partial charge is 0.261 e. The third-order valence-electron chi connectivity index (χ3n) is 4.32. The molecule has 1 atom stereocenters. The number of benzene rings is 2. The monoisotopic (exact) mass is 373 g/mol. The van der Waals surface area contributed by atoms with E-state index < -0.39 is 10.0 Å². The number of anilines is 1. The maximum absolute atomic E-state index is 12.7. The van der Waals surface area contributed by atoms with E-state index in [0.29, 0.717) is 24.3 Å². The second kappa shape index (κ2) is 7.47. The van der Waals surface area contributed by atoms with Gasteiger partial charge in [-0.2, -0.15) is 0 Å². The van der Waals surface area contributed by atoms with Gasteiger partial charge >= 0.3 is 0 Å². The number of carbonyl (C=O) groups is 1. The zero-order chi connectivity index (χ0) is 18.7. The topological polar surface area (TPSA) is 78.5 Å². The molecular weight excluding hydrogens is 350 g/mol. The Labute approximate surface area is 154 Å². The largest absolute Gasteiger partial charge is 0.336 e. The fourth-order valence-corrected chi connectivity index (χ4v) is 4.11. The molecule has 1 amide bonds. The lowest BCUT2D eigenvalue weighted by Crippen LogP contribution is -2.51. The van der Waals surface area contributed by atoms with Gasteiger partial charge in [0.25, 0.3) is 15.9 Å². The van der Waals surface area contributed by atoms with Crippen LogP contribution in [0.25, 0.3) is 0 Å². The minimum absolute atomic E-state index is 0.0769. The summed E-state index contributed by atoms with van der Waals surface area (Å²) in [6.45, 7) is 5.87. The molecule has 2 aromatic carbocycles. The quantitative estimate of drug-likeness (QED) is 0.861. The molecule has 0 bridgehead atoms. The Kier molecular flexibility index (Phi) is 5.29. The summed E-state index contributed by atoms with van der Waals surface area (Å²) in [6.07, 6.45) is 0. The van der Waals surface area contributed by atoms with E-state index in [4.69, 9.17) is 0 Å². The molecule has 7 heteroatoms. The summed E-state index contributed by atoms with van der Waals surface area (Å²) in [5.74, 6) is -0.147. The molecule has 1 aliphatic rings. The summed E-state index contributed by atoms with van der Waals surface area (Å²) in [7, 11) is -3.76. The number of sulfonamides is 1. The maximum Gasteiger partial charge on any atom is 0.261 e. The molecule has 26 heavy (non-hydrogen) atoms. The van der Waals surface area contributed by atoms with Crippen molar-refractivity contribution in [3.8, 4) is 0 Å². The van der Waals surface area contributed by atoms with Gasteiger partial charge in [0.05, 0.1) is 4.90 Å². The minimum atomic E-state index is -3.76. The number of nitrogens with zero attached hydrogens (tertiary/aromatic N) is 1. The van der Waals surface area contributed by atoms with Gasteiger partial charge in [-0.05, 0) is 49.7 Å². The van der Waals surface area contributed by atoms with Gasteiger partial charge in [-0.1, -0.05) is 18.2 Å². The number of piperazine rings is 1. The van der Waals surface area contributed by atoms with Crippen LogP contribution < -0.4 is 10.0 Å². The molecule has 1 aliphatic heterocycles. The van der Waals surface area contributed by atoms with Gasteiger partial charge in [-0.25, -0.2) is 8.42 Å². The second-order valence-corrected chi connectivity index (χ2v) is 8.29. The average Bonchev–Trinajstić information content (AvgIpc) is 2.61. The average molecular weight is 373 g/mol. The molecular formula is C19H23N3O3S. The SMILES string of the molecule is Cc1cccc(NS(=O)(=O)c2cccc(C(=O)N3CCNC(C)C3)c2)c1. The van der Waals surface area contributed by atoms with E-state index in [0.717, 1.165) is 12.1 Å². The highest BCUT2D eigenvalue weighted by molar-refractivity contribution is 7.92. The molecule has 1 unspecified atom stereocenters. The van der Waals surface area contributed by atoms with Gasteiger partial charge in [-0.15, -0.1) is 0 Å². The molecule has 1 fully saturated rings. The Hall–Kier alpha value is -2.38. The molecule has 0 aliphatic carbocycles. The van der Waals surface area contributed by atoms with Gasteiger partial charge in [-0.3, -0.25) is 9.52 Å². The molecule has 0 saturated carbocycles. The summed E-state index contributed by atoms with van der Waals surface area (Å²) in [5, 5.41) is 3.29. The summed E-state index contributed by atoms with van der Waals surface area (Å²) in [4.78, 5) is 14.5. The fourth-order valence-electron chi connectivity index (χ4n) is 3.02. The highest BCUT2D eigenvalue weighted by atomic mass is 32.2. The summed E-state index contributed by atoms with van der Waals surface area (Å²) in [6, 6.07) is 13.6. The number of rotatable bonds is 4. The molecule has 1 saturated heterocycles. The van der Waals surface area contributed by atoms with Crippen LogP contribution in [0, 0.1) is 6.92 Å². The van der Waals surface area contributed by atoms with E-state index in [2.05, 4.69) is 10.0 Å². The van der Waals surface area contributed by atoms with Crippen molar-refractivity contribution in [2.75, 3.05) is 24.4 Å². The third kappa shape index (κ3) is 4.23. The Morgan fingerprint density at radius 2 is 1.96 bits per heavy atom.